The van der Waals surface area contributed by atoms with Crippen LogP contribution in [0.25, 0.3) is 5.65 Å². The van der Waals surface area contributed by atoms with Gasteiger partial charge in [-0.05, 0) is 6.92 Å². The number of ether oxygens (including phenoxy) is 1. The molecule has 2 aromatic heterocycles. The van der Waals surface area contributed by atoms with Gasteiger partial charge < -0.3 is 14.9 Å². The molecule has 0 unspecified atom stereocenters. The van der Waals surface area contributed by atoms with Crippen molar-refractivity contribution in [3.63, 3.8) is 0 Å². The number of carbonyl (C=O) groups is 2. The molecule has 1 saturated heterocycles. The summed E-state index contributed by atoms with van der Waals surface area (Å²) in [5.41, 5.74) is 7.65. The Morgan fingerprint density at radius 1 is 1.36 bits per heavy atom. The molecule has 1 fully saturated rings. The number of nitrogens with two attached hydrogens (primary N) is 1. The number of anilines is 1. The Kier molecular flexibility index (Phi) is 3.25. The average Bonchev–Trinajstić information content (AvgIpc) is 3.03. The second-order valence-corrected chi connectivity index (χ2v) is 5.27. The number of aromatic nitrogens is 2. The fourth-order valence-corrected chi connectivity index (χ4v) is 2.39. The highest BCUT2D eigenvalue weighted by molar-refractivity contribution is 6.13. The van der Waals surface area contributed by atoms with Crippen LogP contribution < -0.4 is 15.4 Å². The van der Waals surface area contributed by atoms with E-state index in [4.69, 9.17) is 10.5 Å². The van der Waals surface area contributed by atoms with Gasteiger partial charge in [0.15, 0.2) is 5.65 Å². The van der Waals surface area contributed by atoms with Crippen LogP contribution in [-0.2, 0) is 4.79 Å². The van der Waals surface area contributed by atoms with Crippen molar-refractivity contribution in [3.05, 3.63) is 24.2 Å². The molecule has 1 atom stereocenters. The number of likely N-dealkylation sites (N-methyl/N-ethyl adjacent to an activating group) is 1. The van der Waals surface area contributed by atoms with Crippen molar-refractivity contribution in [1.29, 1.82) is 0 Å². The molecule has 0 saturated carbocycles. The molecule has 1 aliphatic heterocycles. The summed E-state index contributed by atoms with van der Waals surface area (Å²) in [5, 5.41) is 0. The van der Waals surface area contributed by atoms with Crippen molar-refractivity contribution in [2.45, 2.75) is 13.0 Å². The van der Waals surface area contributed by atoms with E-state index in [2.05, 4.69) is 4.98 Å². The van der Waals surface area contributed by atoms with Gasteiger partial charge in [0, 0.05) is 25.4 Å². The summed E-state index contributed by atoms with van der Waals surface area (Å²) in [4.78, 5) is 30.9. The molecule has 8 heteroatoms. The van der Waals surface area contributed by atoms with E-state index in [9.17, 15) is 9.59 Å². The van der Waals surface area contributed by atoms with Crippen molar-refractivity contribution in [2.75, 3.05) is 25.6 Å². The number of amides is 3. The number of urea groups is 1. The van der Waals surface area contributed by atoms with Gasteiger partial charge in [-0.2, -0.15) is 0 Å². The highest BCUT2D eigenvalue weighted by atomic mass is 16.5. The third-order valence-electron chi connectivity index (χ3n) is 3.70. The van der Waals surface area contributed by atoms with Gasteiger partial charge in [-0.1, -0.05) is 0 Å². The number of rotatable bonds is 3. The van der Waals surface area contributed by atoms with Gasteiger partial charge in [-0.3, -0.25) is 14.6 Å². The lowest BCUT2D eigenvalue weighted by molar-refractivity contribution is -0.123. The van der Waals surface area contributed by atoms with E-state index in [1.165, 1.54) is 19.1 Å². The third kappa shape index (κ3) is 2.08. The van der Waals surface area contributed by atoms with Crippen molar-refractivity contribution in [3.8, 4) is 5.75 Å². The zero-order valence-corrected chi connectivity index (χ0v) is 12.6. The molecular formula is C14H17N5O3. The molecule has 0 aliphatic carbocycles. The Morgan fingerprint density at radius 2 is 2.09 bits per heavy atom. The van der Waals surface area contributed by atoms with Gasteiger partial charge in [0.2, 0.25) is 5.91 Å². The molecule has 2 aromatic rings. The van der Waals surface area contributed by atoms with Crippen LogP contribution in [0.15, 0.2) is 18.5 Å². The maximum atomic E-state index is 12.2. The van der Waals surface area contributed by atoms with E-state index >= 15 is 0 Å². The van der Waals surface area contributed by atoms with Crippen LogP contribution in [0.1, 0.15) is 18.7 Å². The quantitative estimate of drug-likeness (QED) is 0.845. The molecule has 3 amide bonds. The Balaban J connectivity index is 2.19. The molecule has 2 N–H and O–H groups in total. The first-order valence-corrected chi connectivity index (χ1v) is 6.82. The minimum Gasteiger partial charge on any atom is -0.495 e. The third-order valence-corrected chi connectivity index (χ3v) is 3.70. The monoisotopic (exact) mass is 303 g/mol. The summed E-state index contributed by atoms with van der Waals surface area (Å²) in [7, 11) is 3.00. The summed E-state index contributed by atoms with van der Waals surface area (Å²) >= 11 is 0. The average molecular weight is 303 g/mol. The van der Waals surface area contributed by atoms with Crippen LogP contribution >= 0.6 is 0 Å². The Morgan fingerprint density at radius 3 is 2.64 bits per heavy atom. The van der Waals surface area contributed by atoms with Crippen LogP contribution in [0.4, 0.5) is 10.5 Å². The van der Waals surface area contributed by atoms with Crippen molar-refractivity contribution in [1.82, 2.24) is 14.3 Å². The summed E-state index contributed by atoms with van der Waals surface area (Å²) < 4.78 is 7.02. The summed E-state index contributed by atoms with van der Waals surface area (Å²) in [6.07, 6.45) is 3.54. The van der Waals surface area contributed by atoms with Crippen LogP contribution in [0.5, 0.6) is 5.75 Å². The first-order chi connectivity index (χ1) is 10.4. The van der Waals surface area contributed by atoms with Gasteiger partial charge in [0.1, 0.15) is 12.3 Å². The minimum absolute atomic E-state index is 0.0153. The number of imide groups is 1. The Labute approximate surface area is 127 Å². The zero-order valence-electron chi connectivity index (χ0n) is 12.6. The van der Waals surface area contributed by atoms with E-state index < -0.39 is 0 Å². The van der Waals surface area contributed by atoms with Gasteiger partial charge in [-0.15, -0.1) is 0 Å². The number of methoxy groups -OCH3 is 1. The number of hydrogen-bond acceptors (Lipinski definition) is 5. The van der Waals surface area contributed by atoms with E-state index in [1.54, 1.807) is 22.9 Å². The molecule has 3 heterocycles. The second kappa shape index (κ2) is 4.99. The molecule has 8 nitrogen and oxygen atoms in total. The molecule has 0 spiro atoms. The van der Waals surface area contributed by atoms with Crippen LogP contribution in [0, 0.1) is 0 Å². The lowest BCUT2D eigenvalue weighted by Gasteiger charge is -2.16. The van der Waals surface area contributed by atoms with Crippen molar-refractivity contribution < 1.29 is 14.3 Å². The highest BCUT2D eigenvalue weighted by Gasteiger charge is 2.35. The summed E-state index contributed by atoms with van der Waals surface area (Å²) in [6.45, 7) is 1.82. The molecule has 0 aromatic carbocycles. The van der Waals surface area contributed by atoms with Crippen LogP contribution in [0.3, 0.4) is 0 Å². The largest absolute Gasteiger partial charge is 0.495 e. The van der Waals surface area contributed by atoms with E-state index in [0.29, 0.717) is 22.8 Å². The van der Waals surface area contributed by atoms with Crippen LogP contribution in [0.2, 0.25) is 0 Å². The number of carbonyl (C=O) groups excluding carboxylic acids is 2. The summed E-state index contributed by atoms with van der Waals surface area (Å²) in [5.74, 6) is 0.302. The van der Waals surface area contributed by atoms with Crippen molar-refractivity contribution >= 4 is 23.3 Å². The van der Waals surface area contributed by atoms with Gasteiger partial charge in [0.05, 0.1) is 24.7 Å². The molecule has 3 rings (SSSR count). The molecule has 22 heavy (non-hydrogen) atoms. The summed E-state index contributed by atoms with van der Waals surface area (Å²) in [6, 6.07) is 1.07. The molecular weight excluding hydrogens is 286 g/mol. The Bertz CT molecular complexity index is 767. The zero-order chi connectivity index (χ0) is 16.0. The highest BCUT2D eigenvalue weighted by Crippen LogP contribution is 2.30. The van der Waals surface area contributed by atoms with E-state index in [1.807, 2.05) is 6.92 Å². The second-order valence-electron chi connectivity index (χ2n) is 5.27. The van der Waals surface area contributed by atoms with Gasteiger partial charge in [0.25, 0.3) is 0 Å². The van der Waals surface area contributed by atoms with Gasteiger partial charge in [-0.25, -0.2) is 9.78 Å². The number of imidazole rings is 1. The number of fused-ring (bicyclic) bond motifs is 1. The topological polar surface area (TPSA) is 93.2 Å². The standard InChI is InChI=1S/C14H17N5O3/c1-8(15)10-6-18-5-9(22-3)4-11(13(18)16-10)19-7-12(20)17(2)14(19)21/h4-6,8H,7,15H2,1-3H3/t8-/m1/s1. The maximum absolute atomic E-state index is 12.2. The number of pyridine rings is 1. The normalized spacial score (nSPS) is 16.7. The predicted octanol–water partition coefficient (Wildman–Crippen LogP) is 0.761. The lowest BCUT2D eigenvalue weighted by Crippen LogP contribution is -2.30. The minimum atomic E-state index is -0.384. The number of nitrogens with zero attached hydrogens (tertiary/aromatic N) is 4. The van der Waals surface area contributed by atoms with E-state index in [-0.39, 0.29) is 24.5 Å². The molecule has 1 aliphatic rings. The fraction of sp³-hybridized carbons (Fsp3) is 0.357. The first-order valence-electron chi connectivity index (χ1n) is 6.82. The van der Waals surface area contributed by atoms with Crippen molar-refractivity contribution in [2.24, 2.45) is 5.73 Å². The van der Waals surface area contributed by atoms with Crippen LogP contribution in [-0.4, -0.2) is 46.9 Å². The fourth-order valence-electron chi connectivity index (χ4n) is 2.39. The van der Waals surface area contributed by atoms with Gasteiger partial charge >= 0.3 is 6.03 Å². The van der Waals surface area contributed by atoms with E-state index in [0.717, 1.165) is 4.90 Å². The molecule has 0 radical (unpaired) electrons. The predicted molar refractivity (Wildman–Crippen MR) is 79.9 cm³/mol. The number of hydrogen-bond donors (Lipinski definition) is 1. The molecule has 116 valence electrons. The Hall–Kier alpha value is -2.61. The maximum Gasteiger partial charge on any atom is 0.331 e. The first kappa shape index (κ1) is 14.3. The lowest BCUT2D eigenvalue weighted by atomic mass is 10.3. The SMILES string of the molecule is COc1cc(N2CC(=O)N(C)C2=O)c2nc([C@@H](C)N)cn2c1. The smallest absolute Gasteiger partial charge is 0.331 e. The molecule has 0 bridgehead atoms.